The van der Waals surface area contributed by atoms with Gasteiger partial charge in [-0.15, -0.1) is 0 Å². The Bertz CT molecular complexity index is 1370. The Morgan fingerprint density at radius 2 is 1.94 bits per heavy atom. The molecule has 0 bridgehead atoms. The number of nitrogens with one attached hydrogen (secondary N) is 1. The molecule has 2 aromatic carbocycles. The lowest BCUT2D eigenvalue weighted by Crippen LogP contribution is -2.46. The fourth-order valence-corrected chi connectivity index (χ4v) is 4.13. The number of aryl methyl sites for hydroxylation is 1. The summed E-state index contributed by atoms with van der Waals surface area (Å²) in [5, 5.41) is 0.115. The first-order chi connectivity index (χ1) is 16.0. The van der Waals surface area contributed by atoms with Gasteiger partial charge in [-0.05, 0) is 42.3 Å². The number of carbonyl (C=O) groups is 1. The van der Waals surface area contributed by atoms with Crippen LogP contribution < -0.4 is 14.5 Å². The summed E-state index contributed by atoms with van der Waals surface area (Å²) < 4.78 is 5.47. The van der Waals surface area contributed by atoms with Gasteiger partial charge < -0.3 is 9.72 Å². The number of fused-ring (bicyclic) bond motifs is 1. The van der Waals surface area contributed by atoms with Crippen molar-refractivity contribution in [1.29, 1.82) is 0 Å². The van der Waals surface area contributed by atoms with Crippen LogP contribution in [0, 0.1) is 6.92 Å². The Labute approximate surface area is 195 Å². The summed E-state index contributed by atoms with van der Waals surface area (Å²) in [4.78, 5) is 32.6. The molecule has 2 amide bonds. The van der Waals surface area contributed by atoms with Crippen LogP contribution in [0.5, 0.6) is 5.75 Å². The van der Waals surface area contributed by atoms with Gasteiger partial charge in [-0.25, -0.2) is 14.8 Å². The number of benzene rings is 2. The predicted molar refractivity (Wildman–Crippen MR) is 128 cm³/mol. The molecule has 0 fully saturated rings. The van der Waals surface area contributed by atoms with Crippen molar-refractivity contribution < 1.29 is 9.53 Å². The number of ether oxygens (including phenoxy) is 1. The minimum atomic E-state index is -0.188. The number of aromatic nitrogens is 4. The number of para-hydroxylation sites is 1. The molecule has 166 valence electrons. The van der Waals surface area contributed by atoms with E-state index in [-0.39, 0.29) is 11.3 Å². The second-order valence-electron chi connectivity index (χ2n) is 7.76. The highest BCUT2D eigenvalue weighted by Gasteiger charge is 2.31. The van der Waals surface area contributed by atoms with Gasteiger partial charge in [0.15, 0.2) is 0 Å². The largest absolute Gasteiger partial charge is 0.496 e. The van der Waals surface area contributed by atoms with Crippen molar-refractivity contribution in [2.75, 3.05) is 24.0 Å². The number of amides is 2. The van der Waals surface area contributed by atoms with Crippen molar-refractivity contribution >= 4 is 29.1 Å². The second kappa shape index (κ2) is 8.22. The molecule has 1 aliphatic heterocycles. The van der Waals surface area contributed by atoms with Crippen LogP contribution in [0.15, 0.2) is 54.9 Å². The Morgan fingerprint density at radius 3 is 2.76 bits per heavy atom. The van der Waals surface area contributed by atoms with Crippen LogP contribution in [-0.2, 0) is 6.54 Å². The number of anilines is 2. The molecule has 0 radical (unpaired) electrons. The zero-order valence-corrected chi connectivity index (χ0v) is 19.1. The Hall–Kier alpha value is -3.91. The fourth-order valence-electron chi connectivity index (χ4n) is 4.00. The maximum absolute atomic E-state index is 13.2. The van der Waals surface area contributed by atoms with Crippen molar-refractivity contribution in [3.05, 3.63) is 71.3 Å². The minimum Gasteiger partial charge on any atom is -0.496 e. The topological polar surface area (TPSA) is 87.2 Å². The Kier molecular flexibility index (Phi) is 5.22. The van der Waals surface area contributed by atoms with Crippen molar-refractivity contribution in [3.63, 3.8) is 0 Å². The molecule has 8 nitrogen and oxygen atoms in total. The lowest BCUT2D eigenvalue weighted by atomic mass is 10.1. The average molecular weight is 461 g/mol. The Balaban J connectivity index is 1.52. The molecule has 4 aromatic rings. The molecule has 9 heteroatoms. The molecular formula is C24H21ClN6O2. The maximum Gasteiger partial charge on any atom is 0.330 e. The van der Waals surface area contributed by atoms with E-state index in [9.17, 15) is 4.79 Å². The number of nitrogens with zero attached hydrogens (tertiary/aromatic N) is 5. The van der Waals surface area contributed by atoms with Crippen LogP contribution in [0.4, 0.5) is 16.3 Å². The standard InChI is InChI=1S/C24H21ClN6O2/c1-14-8-9-15(21-26-12-18(28-21)17-6-4-5-7-20(17)33-3)10-19(14)31-13-16-11-27-23(25)29-22(16)30(2)24(31)32/h4-12H,13H2,1-3H3,(H,26,28). The summed E-state index contributed by atoms with van der Waals surface area (Å²) >= 11 is 5.93. The highest BCUT2D eigenvalue weighted by Crippen LogP contribution is 2.35. The van der Waals surface area contributed by atoms with Gasteiger partial charge in [0, 0.05) is 35.6 Å². The van der Waals surface area contributed by atoms with E-state index in [0.29, 0.717) is 18.2 Å². The summed E-state index contributed by atoms with van der Waals surface area (Å²) in [6.07, 6.45) is 3.44. The number of H-pyrrole nitrogens is 1. The van der Waals surface area contributed by atoms with Crippen LogP contribution in [0.3, 0.4) is 0 Å². The normalized spacial score (nSPS) is 13.3. The van der Waals surface area contributed by atoms with Crippen LogP contribution in [-0.4, -0.2) is 40.1 Å². The quantitative estimate of drug-likeness (QED) is 0.429. The summed E-state index contributed by atoms with van der Waals surface area (Å²) in [5.74, 6) is 1.99. The van der Waals surface area contributed by atoms with Gasteiger partial charge in [-0.3, -0.25) is 9.80 Å². The molecule has 0 aliphatic carbocycles. The number of methoxy groups -OCH3 is 1. The fraction of sp³-hybridized carbons (Fsp3) is 0.167. The molecule has 0 spiro atoms. The first-order valence-corrected chi connectivity index (χ1v) is 10.7. The van der Waals surface area contributed by atoms with E-state index in [1.165, 1.54) is 4.90 Å². The average Bonchev–Trinajstić information content (AvgIpc) is 3.32. The van der Waals surface area contributed by atoms with Gasteiger partial charge in [0.2, 0.25) is 5.28 Å². The van der Waals surface area contributed by atoms with Crippen molar-refractivity contribution in [3.8, 4) is 28.4 Å². The number of halogens is 1. The molecule has 2 aromatic heterocycles. The van der Waals surface area contributed by atoms with Gasteiger partial charge >= 0.3 is 6.03 Å². The van der Waals surface area contributed by atoms with E-state index in [4.69, 9.17) is 16.3 Å². The van der Waals surface area contributed by atoms with Crippen molar-refractivity contribution in [2.24, 2.45) is 0 Å². The SMILES string of the molecule is COc1ccccc1-c1cnc(-c2ccc(C)c(N3Cc4cnc(Cl)nc4N(C)C3=O)c2)[nH]1. The van der Waals surface area contributed by atoms with E-state index in [1.807, 2.05) is 49.4 Å². The molecule has 0 saturated carbocycles. The molecule has 1 N–H and O–H groups in total. The third-order valence-corrected chi connectivity index (χ3v) is 5.90. The number of hydrogen-bond donors (Lipinski definition) is 1. The number of urea groups is 1. The van der Waals surface area contributed by atoms with Crippen LogP contribution in [0.25, 0.3) is 22.6 Å². The molecule has 33 heavy (non-hydrogen) atoms. The molecular weight excluding hydrogens is 440 g/mol. The second-order valence-corrected chi connectivity index (χ2v) is 8.10. The number of aromatic amines is 1. The zero-order valence-electron chi connectivity index (χ0n) is 18.3. The predicted octanol–water partition coefficient (Wildman–Crippen LogP) is 5.08. The van der Waals surface area contributed by atoms with E-state index in [1.54, 1.807) is 31.5 Å². The third-order valence-electron chi connectivity index (χ3n) is 5.72. The molecule has 3 heterocycles. The van der Waals surface area contributed by atoms with Gasteiger partial charge in [0.05, 0.1) is 25.5 Å². The van der Waals surface area contributed by atoms with E-state index >= 15 is 0 Å². The number of imidazole rings is 1. The molecule has 0 atom stereocenters. The van der Waals surface area contributed by atoms with E-state index in [0.717, 1.165) is 39.4 Å². The lowest BCUT2D eigenvalue weighted by Gasteiger charge is -2.34. The summed E-state index contributed by atoms with van der Waals surface area (Å²) in [6, 6.07) is 13.5. The summed E-state index contributed by atoms with van der Waals surface area (Å²) in [5.41, 5.74) is 5.22. The number of hydrogen-bond acceptors (Lipinski definition) is 5. The van der Waals surface area contributed by atoms with Gasteiger partial charge in [-0.2, -0.15) is 4.98 Å². The first-order valence-electron chi connectivity index (χ1n) is 10.3. The first kappa shape index (κ1) is 21.0. The minimum absolute atomic E-state index is 0.115. The summed E-state index contributed by atoms with van der Waals surface area (Å²) in [6.45, 7) is 2.33. The van der Waals surface area contributed by atoms with Crippen LogP contribution in [0.2, 0.25) is 5.28 Å². The monoisotopic (exact) mass is 460 g/mol. The van der Waals surface area contributed by atoms with Crippen molar-refractivity contribution in [2.45, 2.75) is 13.5 Å². The van der Waals surface area contributed by atoms with Crippen molar-refractivity contribution in [1.82, 2.24) is 19.9 Å². The highest BCUT2D eigenvalue weighted by molar-refractivity contribution is 6.28. The van der Waals surface area contributed by atoms with Crippen LogP contribution >= 0.6 is 11.6 Å². The van der Waals surface area contributed by atoms with Gasteiger partial charge in [0.1, 0.15) is 17.4 Å². The van der Waals surface area contributed by atoms with E-state index < -0.39 is 0 Å². The zero-order chi connectivity index (χ0) is 23.1. The third kappa shape index (κ3) is 3.68. The van der Waals surface area contributed by atoms with Gasteiger partial charge in [-0.1, -0.05) is 24.3 Å². The molecule has 0 unspecified atom stereocenters. The van der Waals surface area contributed by atoms with E-state index in [2.05, 4.69) is 19.9 Å². The van der Waals surface area contributed by atoms with Gasteiger partial charge in [0.25, 0.3) is 0 Å². The molecule has 0 saturated heterocycles. The number of rotatable bonds is 4. The smallest absolute Gasteiger partial charge is 0.330 e. The van der Waals surface area contributed by atoms with Crippen LogP contribution in [0.1, 0.15) is 11.1 Å². The number of carbonyl (C=O) groups excluding carboxylic acids is 1. The highest BCUT2D eigenvalue weighted by atomic mass is 35.5. The maximum atomic E-state index is 13.2. The molecule has 5 rings (SSSR count). The Morgan fingerprint density at radius 1 is 1.12 bits per heavy atom. The summed E-state index contributed by atoms with van der Waals surface area (Å²) in [7, 11) is 3.33. The molecule has 1 aliphatic rings. The lowest BCUT2D eigenvalue weighted by molar-refractivity contribution is 0.251.